The Morgan fingerprint density at radius 3 is 2.58 bits per heavy atom. The van der Waals surface area contributed by atoms with E-state index >= 15 is 0 Å². The molecule has 1 fully saturated rings. The second-order valence-electron chi connectivity index (χ2n) is 7.46. The van der Waals surface area contributed by atoms with Gasteiger partial charge in [-0.1, -0.05) is 28.1 Å². The number of para-hydroxylation sites is 2. The molecule has 31 heavy (non-hydrogen) atoms. The molecule has 2 amide bonds. The zero-order valence-electron chi connectivity index (χ0n) is 17.2. The van der Waals surface area contributed by atoms with Gasteiger partial charge in [-0.25, -0.2) is 4.98 Å². The van der Waals surface area contributed by atoms with Gasteiger partial charge in [-0.15, -0.1) is 0 Å². The third kappa shape index (κ3) is 5.32. The minimum Gasteiger partial charge on any atom is -0.378 e. The standard InChI is InChI=1S/C23H25BrN4O3/c24-18-9-7-17(8-10-18)23(30)25-11-3-6-21-26-19-4-1-2-5-20(19)28(21)16-22(29)27-12-14-31-15-13-27/h1-2,4-5,7-10H,3,6,11-16H2,(H,25,30). The highest BCUT2D eigenvalue weighted by molar-refractivity contribution is 9.10. The smallest absolute Gasteiger partial charge is 0.251 e. The number of halogens is 1. The van der Waals surface area contributed by atoms with E-state index in [4.69, 9.17) is 9.72 Å². The van der Waals surface area contributed by atoms with Crippen LogP contribution in [-0.4, -0.2) is 59.1 Å². The van der Waals surface area contributed by atoms with E-state index in [0.29, 0.717) is 44.8 Å². The number of carbonyl (C=O) groups excluding carboxylic acids is 2. The van der Waals surface area contributed by atoms with Crippen LogP contribution in [-0.2, 0) is 22.5 Å². The predicted molar refractivity (Wildman–Crippen MR) is 122 cm³/mol. The molecule has 2 aromatic carbocycles. The van der Waals surface area contributed by atoms with Gasteiger partial charge in [-0.05, 0) is 42.8 Å². The van der Waals surface area contributed by atoms with E-state index in [2.05, 4.69) is 21.2 Å². The molecule has 0 atom stereocenters. The lowest BCUT2D eigenvalue weighted by Gasteiger charge is -2.27. The van der Waals surface area contributed by atoms with E-state index in [1.165, 1.54) is 0 Å². The van der Waals surface area contributed by atoms with Crippen molar-refractivity contribution in [2.45, 2.75) is 19.4 Å². The number of imidazole rings is 1. The molecule has 1 aliphatic rings. The monoisotopic (exact) mass is 484 g/mol. The van der Waals surface area contributed by atoms with Gasteiger partial charge in [0.05, 0.1) is 24.2 Å². The van der Waals surface area contributed by atoms with Crippen molar-refractivity contribution >= 4 is 38.8 Å². The lowest BCUT2D eigenvalue weighted by molar-refractivity contribution is -0.135. The number of fused-ring (bicyclic) bond motifs is 1. The van der Waals surface area contributed by atoms with Gasteiger partial charge in [0.1, 0.15) is 12.4 Å². The summed E-state index contributed by atoms with van der Waals surface area (Å²) < 4.78 is 8.29. The van der Waals surface area contributed by atoms with Crippen LogP contribution >= 0.6 is 15.9 Å². The molecule has 162 valence electrons. The zero-order valence-corrected chi connectivity index (χ0v) is 18.8. The van der Waals surface area contributed by atoms with Crippen molar-refractivity contribution in [1.82, 2.24) is 19.8 Å². The van der Waals surface area contributed by atoms with E-state index in [-0.39, 0.29) is 18.4 Å². The van der Waals surface area contributed by atoms with Gasteiger partial charge in [0.2, 0.25) is 5.91 Å². The summed E-state index contributed by atoms with van der Waals surface area (Å²) in [5.74, 6) is 0.848. The summed E-state index contributed by atoms with van der Waals surface area (Å²) >= 11 is 3.37. The van der Waals surface area contributed by atoms with Crippen molar-refractivity contribution in [3.05, 3.63) is 64.4 Å². The fourth-order valence-electron chi connectivity index (χ4n) is 3.69. The van der Waals surface area contributed by atoms with Crippen LogP contribution in [0.3, 0.4) is 0 Å². The Bertz CT molecular complexity index is 1060. The lowest BCUT2D eigenvalue weighted by atomic mass is 10.2. The maximum Gasteiger partial charge on any atom is 0.251 e. The normalized spacial score (nSPS) is 14.0. The number of ether oxygens (including phenoxy) is 1. The van der Waals surface area contributed by atoms with E-state index in [1.54, 1.807) is 12.1 Å². The molecule has 4 rings (SSSR count). The zero-order chi connectivity index (χ0) is 21.6. The first-order valence-corrected chi connectivity index (χ1v) is 11.2. The van der Waals surface area contributed by atoms with Gasteiger partial charge in [0.25, 0.3) is 5.91 Å². The number of nitrogens with one attached hydrogen (secondary N) is 1. The van der Waals surface area contributed by atoms with E-state index in [9.17, 15) is 9.59 Å². The van der Waals surface area contributed by atoms with Crippen molar-refractivity contribution in [2.24, 2.45) is 0 Å². The second-order valence-corrected chi connectivity index (χ2v) is 8.38. The quantitative estimate of drug-likeness (QED) is 0.523. The number of carbonyl (C=O) groups is 2. The summed E-state index contributed by atoms with van der Waals surface area (Å²) in [4.78, 5) is 31.7. The molecular formula is C23H25BrN4O3. The third-order valence-electron chi connectivity index (χ3n) is 5.36. The van der Waals surface area contributed by atoms with E-state index < -0.39 is 0 Å². The number of rotatable bonds is 7. The summed E-state index contributed by atoms with van der Waals surface area (Å²) in [5.41, 5.74) is 2.47. The highest BCUT2D eigenvalue weighted by Gasteiger charge is 2.20. The molecule has 0 bridgehead atoms. The first-order chi connectivity index (χ1) is 15.1. The molecule has 1 saturated heterocycles. The fourth-order valence-corrected chi connectivity index (χ4v) is 3.96. The maximum atomic E-state index is 12.8. The Morgan fingerprint density at radius 1 is 1.06 bits per heavy atom. The molecule has 0 spiro atoms. The van der Waals surface area contributed by atoms with Gasteiger partial charge < -0.3 is 19.5 Å². The molecule has 0 unspecified atom stereocenters. The molecular weight excluding hydrogens is 460 g/mol. The van der Waals surface area contributed by atoms with E-state index in [0.717, 1.165) is 27.8 Å². The molecule has 8 heteroatoms. The van der Waals surface area contributed by atoms with Crippen LogP contribution in [0.5, 0.6) is 0 Å². The molecule has 2 heterocycles. The molecule has 1 aromatic heterocycles. The second kappa shape index (κ2) is 10.1. The predicted octanol–water partition coefficient (Wildman–Crippen LogP) is 3.02. The minimum atomic E-state index is -0.0940. The van der Waals surface area contributed by atoms with Gasteiger partial charge >= 0.3 is 0 Å². The number of amides is 2. The molecule has 1 N–H and O–H groups in total. The van der Waals surface area contributed by atoms with Crippen molar-refractivity contribution in [3.63, 3.8) is 0 Å². The molecule has 0 saturated carbocycles. The largest absolute Gasteiger partial charge is 0.378 e. The summed E-state index contributed by atoms with van der Waals surface area (Å²) in [5, 5.41) is 2.95. The van der Waals surface area contributed by atoms with Crippen molar-refractivity contribution < 1.29 is 14.3 Å². The Morgan fingerprint density at radius 2 is 1.81 bits per heavy atom. The van der Waals surface area contributed by atoms with Gasteiger partial charge in [0.15, 0.2) is 0 Å². The van der Waals surface area contributed by atoms with Gasteiger partial charge in [0, 0.05) is 36.1 Å². The van der Waals surface area contributed by atoms with Crippen LogP contribution in [0.25, 0.3) is 11.0 Å². The molecule has 0 radical (unpaired) electrons. The number of nitrogens with zero attached hydrogens (tertiary/aromatic N) is 3. The minimum absolute atomic E-state index is 0.0799. The number of hydrogen-bond acceptors (Lipinski definition) is 4. The summed E-state index contributed by atoms with van der Waals surface area (Å²) in [6.45, 7) is 3.23. The van der Waals surface area contributed by atoms with Crippen molar-refractivity contribution in [1.29, 1.82) is 0 Å². The number of hydrogen-bond donors (Lipinski definition) is 1. The Hall–Kier alpha value is -2.71. The van der Waals surface area contributed by atoms with Gasteiger partial charge in [-0.2, -0.15) is 0 Å². The topological polar surface area (TPSA) is 76.5 Å². The van der Waals surface area contributed by atoms with Crippen LogP contribution < -0.4 is 5.32 Å². The average molecular weight is 485 g/mol. The highest BCUT2D eigenvalue weighted by atomic mass is 79.9. The van der Waals surface area contributed by atoms with Crippen LogP contribution in [0.1, 0.15) is 22.6 Å². The molecule has 1 aliphatic heterocycles. The van der Waals surface area contributed by atoms with Crippen molar-refractivity contribution in [2.75, 3.05) is 32.8 Å². The first kappa shape index (κ1) is 21.5. The lowest BCUT2D eigenvalue weighted by Crippen LogP contribution is -2.42. The van der Waals surface area contributed by atoms with E-state index in [1.807, 2.05) is 45.9 Å². The van der Waals surface area contributed by atoms with Gasteiger partial charge in [-0.3, -0.25) is 9.59 Å². The fraction of sp³-hybridized carbons (Fsp3) is 0.348. The van der Waals surface area contributed by atoms with Crippen molar-refractivity contribution in [3.8, 4) is 0 Å². The van der Waals surface area contributed by atoms with Crippen LogP contribution in [0.2, 0.25) is 0 Å². The Balaban J connectivity index is 1.39. The van der Waals surface area contributed by atoms with Crippen LogP contribution in [0, 0.1) is 0 Å². The number of aromatic nitrogens is 2. The molecule has 3 aromatic rings. The molecule has 0 aliphatic carbocycles. The maximum absolute atomic E-state index is 12.8. The first-order valence-electron chi connectivity index (χ1n) is 10.5. The summed E-state index contributed by atoms with van der Waals surface area (Å²) in [7, 11) is 0. The number of morpholine rings is 1. The Kier molecular flexibility index (Phi) is 6.99. The third-order valence-corrected chi connectivity index (χ3v) is 5.89. The number of aryl methyl sites for hydroxylation is 1. The van der Waals surface area contributed by atoms with Crippen LogP contribution in [0.15, 0.2) is 53.0 Å². The SMILES string of the molecule is O=C(NCCCc1nc2ccccc2n1CC(=O)N1CCOCC1)c1ccc(Br)cc1. The summed E-state index contributed by atoms with van der Waals surface area (Å²) in [6, 6.07) is 15.1. The molecule has 7 nitrogen and oxygen atoms in total. The van der Waals surface area contributed by atoms with Crippen LogP contribution in [0.4, 0.5) is 0 Å². The highest BCUT2D eigenvalue weighted by Crippen LogP contribution is 2.18. The Labute approximate surface area is 189 Å². The average Bonchev–Trinajstić information content (AvgIpc) is 3.15. The number of benzene rings is 2. The summed E-state index contributed by atoms with van der Waals surface area (Å²) in [6.07, 6.45) is 1.41.